The average molecular weight is 443 g/mol. The highest BCUT2D eigenvalue weighted by Crippen LogP contribution is 2.45. The molecule has 6 nitrogen and oxygen atoms in total. The maximum atomic E-state index is 15.4. The molecule has 1 spiro atoms. The number of likely N-dealkylation sites (tertiary alicyclic amines) is 1. The van der Waals surface area contributed by atoms with Crippen LogP contribution in [0.3, 0.4) is 0 Å². The van der Waals surface area contributed by atoms with E-state index in [1.165, 1.54) is 30.6 Å². The second kappa shape index (κ2) is 6.88. The number of nitrogens with zero attached hydrogens (tertiary/aromatic N) is 4. The molecule has 0 saturated carbocycles. The number of halogens is 3. The molecule has 0 unspecified atom stereocenters. The number of phenolic OH excluding ortho intramolecular Hbond substituents is 1. The highest BCUT2D eigenvalue weighted by Gasteiger charge is 2.53. The second-order valence-electron chi connectivity index (χ2n) is 8.03. The fraction of sp³-hybridized carbons (Fsp3) is 0.227. The average Bonchev–Trinajstić information content (AvgIpc) is 2.68. The van der Waals surface area contributed by atoms with Crippen LogP contribution in [0.5, 0.6) is 5.75 Å². The number of benzene rings is 2. The summed E-state index contributed by atoms with van der Waals surface area (Å²) in [6.07, 6.45) is 2.55. The molecule has 0 bridgehead atoms. The first-order valence-corrected chi connectivity index (χ1v) is 9.98. The van der Waals surface area contributed by atoms with Crippen molar-refractivity contribution in [1.29, 1.82) is 0 Å². The summed E-state index contributed by atoms with van der Waals surface area (Å²) in [5, 5.41) is 10.4. The molecule has 2 fully saturated rings. The van der Waals surface area contributed by atoms with Crippen LogP contribution in [0.15, 0.2) is 43.2 Å². The molecule has 2 aliphatic heterocycles. The molecule has 1 aromatic heterocycles. The minimum Gasteiger partial charge on any atom is -0.507 e. The Kier molecular flexibility index (Phi) is 4.37. The Balaban J connectivity index is 1.51. The summed E-state index contributed by atoms with van der Waals surface area (Å²) in [4.78, 5) is 23.8. The van der Waals surface area contributed by atoms with E-state index in [0.29, 0.717) is 37.4 Å². The third-order valence-corrected chi connectivity index (χ3v) is 6.23. The fourth-order valence-corrected chi connectivity index (χ4v) is 4.81. The van der Waals surface area contributed by atoms with Crippen LogP contribution in [0.4, 0.5) is 14.6 Å². The topological polar surface area (TPSA) is 69.6 Å². The van der Waals surface area contributed by atoms with E-state index in [1.54, 1.807) is 4.90 Å². The molecule has 1 amide bonds. The molecule has 9 heteroatoms. The number of anilines is 1. The zero-order chi connectivity index (χ0) is 21.9. The van der Waals surface area contributed by atoms with Crippen LogP contribution < -0.4 is 4.90 Å². The van der Waals surface area contributed by atoms with Gasteiger partial charge in [-0.25, -0.2) is 18.7 Å². The lowest BCUT2D eigenvalue weighted by Crippen LogP contribution is -2.73. The standard InChI is InChI=1S/C22H17ClF2N4O2/c1-2-16(31)28-7-22(8-28)9-29(10-22)21-12-6-13(23)17(19(25)20(12)26-11-27-21)18-14(24)4-3-5-15(18)30/h2-6,11,30H,1,7-10H2. The number of hydrogen-bond acceptors (Lipinski definition) is 5. The predicted octanol–water partition coefficient (Wildman–Crippen LogP) is 3.77. The van der Waals surface area contributed by atoms with Gasteiger partial charge in [0.05, 0.1) is 10.6 Å². The van der Waals surface area contributed by atoms with E-state index in [1.807, 2.05) is 4.90 Å². The maximum absolute atomic E-state index is 15.4. The Morgan fingerprint density at radius 2 is 1.94 bits per heavy atom. The van der Waals surface area contributed by atoms with Gasteiger partial charge in [0.15, 0.2) is 5.82 Å². The Labute approximate surface area is 181 Å². The number of carbonyl (C=O) groups is 1. The van der Waals surface area contributed by atoms with Crippen molar-refractivity contribution in [2.45, 2.75) is 0 Å². The SMILES string of the molecule is C=CC(=O)N1CC2(C1)CN(c1ncnc3c(F)c(-c4c(O)cccc4F)c(Cl)cc13)C2. The largest absolute Gasteiger partial charge is 0.507 e. The molecule has 31 heavy (non-hydrogen) atoms. The summed E-state index contributed by atoms with van der Waals surface area (Å²) in [6.45, 7) is 6.11. The molecule has 158 valence electrons. The van der Waals surface area contributed by atoms with Crippen LogP contribution in [0.25, 0.3) is 22.0 Å². The molecular formula is C22H17ClF2N4O2. The van der Waals surface area contributed by atoms with Gasteiger partial charge in [0.2, 0.25) is 5.91 Å². The van der Waals surface area contributed by atoms with E-state index in [-0.39, 0.29) is 33.0 Å². The monoisotopic (exact) mass is 442 g/mol. The molecular weight excluding hydrogens is 426 g/mol. The normalized spacial score (nSPS) is 16.9. The summed E-state index contributed by atoms with van der Waals surface area (Å²) in [6, 6.07) is 5.21. The van der Waals surface area contributed by atoms with Crippen molar-refractivity contribution in [1.82, 2.24) is 14.9 Å². The van der Waals surface area contributed by atoms with Crippen LogP contribution in [0.2, 0.25) is 5.02 Å². The van der Waals surface area contributed by atoms with E-state index in [2.05, 4.69) is 16.5 Å². The number of rotatable bonds is 3. The van der Waals surface area contributed by atoms with Crippen molar-refractivity contribution >= 4 is 34.2 Å². The van der Waals surface area contributed by atoms with Gasteiger partial charge in [-0.05, 0) is 24.3 Å². The van der Waals surface area contributed by atoms with Gasteiger partial charge in [0.25, 0.3) is 0 Å². The quantitative estimate of drug-likeness (QED) is 0.625. The van der Waals surface area contributed by atoms with Crippen LogP contribution in [0.1, 0.15) is 0 Å². The zero-order valence-electron chi connectivity index (χ0n) is 16.3. The lowest BCUT2D eigenvalue weighted by molar-refractivity contribution is -0.139. The summed E-state index contributed by atoms with van der Waals surface area (Å²) >= 11 is 6.34. The molecule has 2 saturated heterocycles. The minimum atomic E-state index is -0.826. The first-order valence-electron chi connectivity index (χ1n) is 9.60. The first-order chi connectivity index (χ1) is 14.8. The molecule has 5 rings (SSSR count). The third-order valence-electron chi connectivity index (χ3n) is 5.93. The number of hydrogen-bond donors (Lipinski definition) is 1. The number of aromatic hydroxyl groups is 1. The highest BCUT2D eigenvalue weighted by molar-refractivity contribution is 6.34. The zero-order valence-corrected chi connectivity index (χ0v) is 17.0. The van der Waals surface area contributed by atoms with Gasteiger partial charge in [0, 0.05) is 42.5 Å². The fourth-order valence-electron chi connectivity index (χ4n) is 4.52. The van der Waals surface area contributed by atoms with E-state index >= 15 is 4.39 Å². The minimum absolute atomic E-state index is 0.00280. The Bertz CT molecular complexity index is 1230. The van der Waals surface area contributed by atoms with Crippen LogP contribution in [-0.4, -0.2) is 52.1 Å². The van der Waals surface area contributed by atoms with Crippen molar-refractivity contribution in [3.05, 3.63) is 59.9 Å². The van der Waals surface area contributed by atoms with E-state index in [9.17, 15) is 14.3 Å². The smallest absolute Gasteiger partial charge is 0.245 e. The van der Waals surface area contributed by atoms with E-state index in [4.69, 9.17) is 11.6 Å². The van der Waals surface area contributed by atoms with Crippen molar-refractivity contribution in [3.8, 4) is 16.9 Å². The van der Waals surface area contributed by atoms with Crippen LogP contribution >= 0.6 is 11.6 Å². The van der Waals surface area contributed by atoms with Crippen molar-refractivity contribution in [2.75, 3.05) is 31.1 Å². The summed E-state index contributed by atoms with van der Waals surface area (Å²) in [7, 11) is 0. The van der Waals surface area contributed by atoms with Gasteiger partial charge in [-0.3, -0.25) is 4.79 Å². The molecule has 3 heterocycles. The van der Waals surface area contributed by atoms with Gasteiger partial charge in [0.1, 0.15) is 29.2 Å². The summed E-state index contributed by atoms with van der Waals surface area (Å²) in [5.41, 5.74) is -0.564. The molecule has 3 aromatic rings. The molecule has 0 radical (unpaired) electrons. The lowest BCUT2D eigenvalue weighted by Gasteiger charge is -2.60. The van der Waals surface area contributed by atoms with Gasteiger partial charge < -0.3 is 14.9 Å². The summed E-state index contributed by atoms with van der Waals surface area (Å²) < 4.78 is 29.8. The number of fused-ring (bicyclic) bond motifs is 1. The number of amides is 1. The molecule has 0 atom stereocenters. The van der Waals surface area contributed by atoms with Gasteiger partial charge in [-0.15, -0.1) is 0 Å². The van der Waals surface area contributed by atoms with Crippen LogP contribution in [0, 0.1) is 17.0 Å². The molecule has 2 aliphatic rings. The number of aromatic nitrogens is 2. The predicted molar refractivity (Wildman–Crippen MR) is 113 cm³/mol. The molecule has 0 aliphatic carbocycles. The molecule has 2 aromatic carbocycles. The second-order valence-corrected chi connectivity index (χ2v) is 8.44. The number of carbonyl (C=O) groups excluding carboxylic acids is 1. The van der Waals surface area contributed by atoms with Crippen molar-refractivity contribution in [2.24, 2.45) is 5.41 Å². The summed E-state index contributed by atoms with van der Waals surface area (Å²) in [5.74, 6) is -1.60. The van der Waals surface area contributed by atoms with Gasteiger partial charge in [-0.2, -0.15) is 0 Å². The Morgan fingerprint density at radius 1 is 1.19 bits per heavy atom. The van der Waals surface area contributed by atoms with Crippen molar-refractivity contribution in [3.63, 3.8) is 0 Å². The lowest BCUT2D eigenvalue weighted by atomic mass is 9.72. The molecule has 1 N–H and O–H groups in total. The van der Waals surface area contributed by atoms with Crippen molar-refractivity contribution < 1.29 is 18.7 Å². The van der Waals surface area contributed by atoms with E-state index < -0.39 is 17.4 Å². The first kappa shape index (κ1) is 19.7. The third kappa shape index (κ3) is 2.93. The van der Waals surface area contributed by atoms with Gasteiger partial charge in [-0.1, -0.05) is 24.2 Å². The van der Waals surface area contributed by atoms with Crippen LogP contribution in [-0.2, 0) is 4.79 Å². The highest BCUT2D eigenvalue weighted by atomic mass is 35.5. The Hall–Kier alpha value is -3.26. The number of phenols is 1. The maximum Gasteiger partial charge on any atom is 0.245 e. The Morgan fingerprint density at radius 3 is 2.61 bits per heavy atom. The van der Waals surface area contributed by atoms with Gasteiger partial charge >= 0.3 is 0 Å². The van der Waals surface area contributed by atoms with E-state index in [0.717, 1.165) is 6.07 Å².